The van der Waals surface area contributed by atoms with Crippen LogP contribution in [0.15, 0.2) is 4.63 Å². The molecule has 3 atom stereocenters. The van der Waals surface area contributed by atoms with Crippen molar-refractivity contribution in [1.29, 1.82) is 0 Å². The lowest BCUT2D eigenvalue weighted by Gasteiger charge is -2.39. The van der Waals surface area contributed by atoms with E-state index in [0.29, 0.717) is 43.2 Å². The predicted octanol–water partition coefficient (Wildman–Crippen LogP) is -0.112. The van der Waals surface area contributed by atoms with E-state index in [1.54, 1.807) is 0 Å². The van der Waals surface area contributed by atoms with Gasteiger partial charge < -0.3 is 9.84 Å². The molecular weight excluding hydrogens is 300 g/mol. The van der Waals surface area contributed by atoms with Crippen molar-refractivity contribution in [2.24, 2.45) is 5.92 Å². The highest BCUT2D eigenvalue weighted by Crippen LogP contribution is 2.56. The highest BCUT2D eigenvalue weighted by atomic mass is 16.6. The van der Waals surface area contributed by atoms with E-state index in [4.69, 9.17) is 9.37 Å². The maximum atomic E-state index is 11.6. The molecule has 2 fully saturated rings. The van der Waals surface area contributed by atoms with Crippen molar-refractivity contribution < 1.29 is 24.4 Å². The molecule has 1 saturated heterocycles. The summed E-state index contributed by atoms with van der Waals surface area (Å²) >= 11 is 0. The third-order valence-corrected chi connectivity index (χ3v) is 6.24. The van der Waals surface area contributed by atoms with E-state index in [1.165, 1.54) is 4.74 Å². The molecule has 1 aromatic rings. The minimum absolute atomic E-state index is 0.126. The van der Waals surface area contributed by atoms with Crippen LogP contribution in [0, 0.1) is 5.92 Å². The van der Waals surface area contributed by atoms with Crippen LogP contribution in [0.2, 0.25) is 0 Å². The smallest absolute Gasteiger partial charge is 0.273 e. The molecule has 5 rings (SSSR count). The number of ether oxygens (including phenoxy) is 1. The first-order valence-corrected chi connectivity index (χ1v) is 8.41. The topological polar surface area (TPSA) is 94.9 Å². The summed E-state index contributed by atoms with van der Waals surface area (Å²) in [5.41, 5.74) is 0.0389. The van der Waals surface area contributed by atoms with Crippen LogP contribution in [0.5, 0.6) is 0 Å². The van der Waals surface area contributed by atoms with Crippen molar-refractivity contribution in [2.45, 2.75) is 43.4 Å². The van der Waals surface area contributed by atoms with E-state index in [2.05, 4.69) is 15.2 Å². The van der Waals surface area contributed by atoms with Crippen molar-refractivity contribution in [1.82, 2.24) is 15.2 Å². The van der Waals surface area contributed by atoms with Crippen LogP contribution in [-0.2, 0) is 16.8 Å². The van der Waals surface area contributed by atoms with E-state index in [1.807, 2.05) is 0 Å². The largest absolute Gasteiger partial charge is 0.379 e. The zero-order valence-corrected chi connectivity index (χ0v) is 12.9. The Kier molecular flexibility index (Phi) is 2.73. The number of aryl methyl sites for hydroxylation is 1. The molecular formula is C15H21N4O4+. The van der Waals surface area contributed by atoms with Crippen molar-refractivity contribution in [2.75, 3.05) is 26.3 Å². The van der Waals surface area contributed by atoms with E-state index in [-0.39, 0.29) is 5.92 Å². The second kappa shape index (κ2) is 4.52. The number of aliphatic hydroxyl groups is 1. The summed E-state index contributed by atoms with van der Waals surface area (Å²) in [6.45, 7) is 2.85. The zero-order chi connectivity index (χ0) is 15.7. The number of hydrogen-bond donors (Lipinski definition) is 2. The van der Waals surface area contributed by atoms with Gasteiger partial charge in [0.05, 0.1) is 19.1 Å². The van der Waals surface area contributed by atoms with Gasteiger partial charge in [-0.2, -0.15) is 0 Å². The Morgan fingerprint density at radius 3 is 2.87 bits per heavy atom. The van der Waals surface area contributed by atoms with Gasteiger partial charge in [0, 0.05) is 32.4 Å². The third kappa shape index (κ3) is 1.49. The lowest BCUT2D eigenvalue weighted by Crippen LogP contribution is -2.60. The number of hydrogen-bond acceptors (Lipinski definition) is 7. The number of aromatic nitrogens is 2. The van der Waals surface area contributed by atoms with Gasteiger partial charge in [-0.05, 0) is 17.6 Å². The summed E-state index contributed by atoms with van der Waals surface area (Å²) in [7, 11) is 0. The fraction of sp³-hybridized carbons (Fsp3) is 0.800. The Balaban J connectivity index is 1.69. The number of hydroxylamine groups is 1. The fourth-order valence-corrected chi connectivity index (χ4v) is 5.32. The highest BCUT2D eigenvalue weighted by Gasteiger charge is 2.76. The number of fused-ring (bicyclic) bond motifs is 5. The van der Waals surface area contributed by atoms with Gasteiger partial charge in [-0.3, -0.25) is 5.21 Å². The molecule has 0 aromatic carbocycles. The summed E-state index contributed by atoms with van der Waals surface area (Å²) in [6.07, 6.45) is 3.87. The van der Waals surface area contributed by atoms with Gasteiger partial charge in [0.1, 0.15) is 5.69 Å². The molecule has 0 amide bonds. The quantitative estimate of drug-likeness (QED) is 0.550. The van der Waals surface area contributed by atoms with E-state index in [9.17, 15) is 10.3 Å². The molecule has 2 aliphatic carbocycles. The molecule has 8 nitrogen and oxygen atoms in total. The summed E-state index contributed by atoms with van der Waals surface area (Å²) < 4.78 is 11.7. The Bertz CT molecular complexity index is 683. The maximum absolute atomic E-state index is 11.6. The second-order valence-corrected chi connectivity index (χ2v) is 7.01. The minimum atomic E-state index is -1.27. The van der Waals surface area contributed by atoms with Crippen LogP contribution < -0.4 is 0 Å². The van der Waals surface area contributed by atoms with Gasteiger partial charge in [-0.15, -0.1) is 0 Å². The summed E-state index contributed by atoms with van der Waals surface area (Å²) in [5.74, 6) is -0.126. The van der Waals surface area contributed by atoms with Crippen LogP contribution in [0.1, 0.15) is 37.1 Å². The van der Waals surface area contributed by atoms with Crippen molar-refractivity contribution in [3.63, 3.8) is 0 Å². The molecule has 2 aliphatic heterocycles. The Hall–Kier alpha value is -1.51. The lowest BCUT2D eigenvalue weighted by atomic mass is 9.73. The van der Waals surface area contributed by atoms with Crippen molar-refractivity contribution in [3.05, 3.63) is 11.4 Å². The van der Waals surface area contributed by atoms with Crippen molar-refractivity contribution in [3.8, 4) is 0 Å². The monoisotopic (exact) mass is 321 g/mol. The SMILES string of the molecule is O[N+]1=C2CCc3nonc3C2(O)C2CCCC21N1CCOCC1. The van der Waals surface area contributed by atoms with Gasteiger partial charge >= 0.3 is 0 Å². The van der Waals surface area contributed by atoms with Gasteiger partial charge in [-0.25, -0.2) is 9.53 Å². The number of rotatable bonds is 1. The Labute approximate surface area is 133 Å². The van der Waals surface area contributed by atoms with Crippen LogP contribution in [-0.4, -0.2) is 67.9 Å². The molecule has 4 aliphatic rings. The van der Waals surface area contributed by atoms with E-state index in [0.717, 1.165) is 32.4 Å². The first-order chi connectivity index (χ1) is 11.2. The minimum Gasteiger partial charge on any atom is -0.379 e. The molecule has 0 bridgehead atoms. The van der Waals surface area contributed by atoms with Crippen LogP contribution in [0.3, 0.4) is 0 Å². The van der Waals surface area contributed by atoms with E-state index >= 15 is 0 Å². The molecule has 0 spiro atoms. The Morgan fingerprint density at radius 1 is 1.22 bits per heavy atom. The molecule has 3 unspecified atom stereocenters. The molecule has 0 radical (unpaired) electrons. The molecule has 3 heterocycles. The molecule has 1 saturated carbocycles. The highest BCUT2D eigenvalue weighted by molar-refractivity contribution is 5.92. The van der Waals surface area contributed by atoms with Gasteiger partial charge in [-0.1, -0.05) is 10.3 Å². The normalized spacial score (nSPS) is 40.1. The van der Waals surface area contributed by atoms with Crippen LogP contribution >= 0.6 is 0 Å². The first-order valence-electron chi connectivity index (χ1n) is 8.41. The fourth-order valence-electron chi connectivity index (χ4n) is 5.32. The lowest BCUT2D eigenvalue weighted by molar-refractivity contribution is -0.841. The molecule has 23 heavy (non-hydrogen) atoms. The zero-order valence-electron chi connectivity index (χ0n) is 12.9. The maximum Gasteiger partial charge on any atom is 0.273 e. The molecule has 124 valence electrons. The number of nitrogens with zero attached hydrogens (tertiary/aromatic N) is 4. The predicted molar refractivity (Wildman–Crippen MR) is 76.0 cm³/mol. The number of morpholine rings is 1. The van der Waals surface area contributed by atoms with Gasteiger partial charge in [0.15, 0.2) is 5.69 Å². The summed E-state index contributed by atoms with van der Waals surface area (Å²) in [6, 6.07) is 0. The summed E-state index contributed by atoms with van der Waals surface area (Å²) in [5, 5.41) is 30.7. The molecule has 2 N–H and O–H groups in total. The molecule has 1 aromatic heterocycles. The van der Waals surface area contributed by atoms with Gasteiger partial charge in [0.25, 0.3) is 5.66 Å². The van der Waals surface area contributed by atoms with Crippen molar-refractivity contribution >= 4 is 5.71 Å². The summed E-state index contributed by atoms with van der Waals surface area (Å²) in [4.78, 5) is 2.28. The van der Waals surface area contributed by atoms with Crippen LogP contribution in [0.25, 0.3) is 0 Å². The Morgan fingerprint density at radius 2 is 2.04 bits per heavy atom. The third-order valence-electron chi connectivity index (χ3n) is 6.24. The van der Waals surface area contributed by atoms with Gasteiger partial charge in [0.2, 0.25) is 11.3 Å². The van der Waals surface area contributed by atoms with Crippen LogP contribution in [0.4, 0.5) is 0 Å². The first kappa shape index (κ1) is 13.9. The standard InChI is InChI=1S/C15H21N4O4/c20-15-11-2-1-5-14(11,18-6-8-22-9-7-18)19(21)12(15)4-3-10-13(15)17-23-16-10/h11,20-21H,1-9H2/q+1. The average Bonchev–Trinajstić information content (AvgIpc) is 3.26. The van der Waals surface area contributed by atoms with E-state index < -0.39 is 11.3 Å². The average molecular weight is 321 g/mol. The second-order valence-electron chi connectivity index (χ2n) is 7.01. The molecule has 8 heteroatoms.